The van der Waals surface area contributed by atoms with Gasteiger partial charge in [-0.15, -0.1) is 0 Å². The average molecular weight is 222 g/mol. The summed E-state index contributed by atoms with van der Waals surface area (Å²) in [5, 5.41) is 4.47. The molecule has 1 aromatic heterocycles. The van der Waals surface area contributed by atoms with Gasteiger partial charge in [-0.05, 0) is 52.0 Å². The molecule has 2 rings (SSSR count). The third-order valence-electron chi connectivity index (χ3n) is 3.42. The van der Waals surface area contributed by atoms with Crippen molar-refractivity contribution in [3.05, 3.63) is 18.0 Å². The second-order valence-electron chi connectivity index (χ2n) is 4.69. The molecule has 0 saturated carbocycles. The highest BCUT2D eigenvalue weighted by Gasteiger charge is 2.18. The van der Waals surface area contributed by atoms with Crippen molar-refractivity contribution in [2.45, 2.75) is 31.7 Å². The van der Waals surface area contributed by atoms with Crippen molar-refractivity contribution in [3.8, 4) is 0 Å². The van der Waals surface area contributed by atoms with E-state index in [1.54, 1.807) is 0 Å². The SMILES string of the molecule is CN1CCCC(n2nccc2CCN)CC1. The van der Waals surface area contributed by atoms with Gasteiger partial charge in [-0.3, -0.25) is 4.68 Å². The lowest BCUT2D eigenvalue weighted by atomic mass is 10.1. The van der Waals surface area contributed by atoms with Crippen LogP contribution in [0.25, 0.3) is 0 Å². The van der Waals surface area contributed by atoms with E-state index in [9.17, 15) is 0 Å². The Hall–Kier alpha value is -0.870. The van der Waals surface area contributed by atoms with Crippen LogP contribution in [0.15, 0.2) is 12.3 Å². The highest BCUT2D eigenvalue weighted by Crippen LogP contribution is 2.22. The Morgan fingerprint density at radius 3 is 3.12 bits per heavy atom. The molecular weight excluding hydrogens is 200 g/mol. The van der Waals surface area contributed by atoms with Crippen molar-refractivity contribution < 1.29 is 0 Å². The summed E-state index contributed by atoms with van der Waals surface area (Å²) in [6, 6.07) is 2.67. The van der Waals surface area contributed by atoms with E-state index in [-0.39, 0.29) is 0 Å². The molecule has 1 aromatic rings. The van der Waals surface area contributed by atoms with Gasteiger partial charge in [0.25, 0.3) is 0 Å². The molecule has 0 aromatic carbocycles. The Kier molecular flexibility index (Phi) is 3.96. The lowest BCUT2D eigenvalue weighted by molar-refractivity contribution is 0.335. The first-order valence-corrected chi connectivity index (χ1v) is 6.22. The van der Waals surface area contributed by atoms with Crippen LogP contribution >= 0.6 is 0 Å². The van der Waals surface area contributed by atoms with Crippen molar-refractivity contribution in [1.82, 2.24) is 14.7 Å². The third-order valence-corrected chi connectivity index (χ3v) is 3.42. The molecule has 1 saturated heterocycles. The van der Waals surface area contributed by atoms with E-state index >= 15 is 0 Å². The Bertz CT molecular complexity index is 321. The minimum absolute atomic E-state index is 0.571. The monoisotopic (exact) mass is 222 g/mol. The van der Waals surface area contributed by atoms with E-state index in [1.807, 2.05) is 6.20 Å². The minimum atomic E-state index is 0.571. The normalized spacial score (nSPS) is 23.2. The highest BCUT2D eigenvalue weighted by molar-refractivity contribution is 5.02. The molecule has 0 radical (unpaired) electrons. The first-order chi connectivity index (χ1) is 7.81. The third kappa shape index (κ3) is 2.62. The first-order valence-electron chi connectivity index (χ1n) is 6.22. The predicted molar refractivity (Wildman–Crippen MR) is 65.4 cm³/mol. The molecule has 1 aliphatic heterocycles. The summed E-state index contributed by atoms with van der Waals surface area (Å²) in [5.41, 5.74) is 6.91. The van der Waals surface area contributed by atoms with Gasteiger partial charge in [-0.25, -0.2) is 0 Å². The number of hydrogen-bond donors (Lipinski definition) is 1. The van der Waals surface area contributed by atoms with Gasteiger partial charge in [-0.2, -0.15) is 5.10 Å². The van der Waals surface area contributed by atoms with Crippen LogP contribution in [-0.2, 0) is 6.42 Å². The summed E-state index contributed by atoms with van der Waals surface area (Å²) < 4.78 is 2.20. The summed E-state index contributed by atoms with van der Waals surface area (Å²) in [7, 11) is 2.20. The molecule has 4 nitrogen and oxygen atoms in total. The van der Waals surface area contributed by atoms with Gasteiger partial charge in [0.15, 0.2) is 0 Å². The van der Waals surface area contributed by atoms with Gasteiger partial charge in [-0.1, -0.05) is 0 Å². The van der Waals surface area contributed by atoms with Crippen LogP contribution < -0.4 is 5.73 Å². The molecule has 0 spiro atoms. The number of rotatable bonds is 3. The van der Waals surface area contributed by atoms with E-state index in [0.717, 1.165) is 6.42 Å². The van der Waals surface area contributed by atoms with E-state index in [2.05, 4.69) is 27.8 Å². The molecule has 1 unspecified atom stereocenters. The molecule has 4 heteroatoms. The van der Waals surface area contributed by atoms with E-state index in [4.69, 9.17) is 5.73 Å². The molecule has 0 bridgehead atoms. The largest absolute Gasteiger partial charge is 0.330 e. The zero-order chi connectivity index (χ0) is 11.4. The number of likely N-dealkylation sites (tertiary alicyclic amines) is 1. The molecule has 0 amide bonds. The Morgan fingerprint density at radius 2 is 2.31 bits per heavy atom. The fourth-order valence-corrected chi connectivity index (χ4v) is 2.48. The van der Waals surface area contributed by atoms with Crippen molar-refractivity contribution in [1.29, 1.82) is 0 Å². The lowest BCUT2D eigenvalue weighted by Gasteiger charge is -2.18. The average Bonchev–Trinajstić information content (AvgIpc) is 2.61. The molecule has 0 aliphatic carbocycles. The summed E-state index contributed by atoms with van der Waals surface area (Å²) in [5.74, 6) is 0. The number of nitrogens with two attached hydrogens (primary N) is 1. The molecule has 1 atom stereocenters. The van der Waals surface area contributed by atoms with E-state index in [1.165, 1.54) is 38.0 Å². The summed E-state index contributed by atoms with van der Waals surface area (Å²) >= 11 is 0. The Morgan fingerprint density at radius 1 is 1.44 bits per heavy atom. The lowest BCUT2D eigenvalue weighted by Crippen LogP contribution is -2.20. The topological polar surface area (TPSA) is 47.1 Å². The van der Waals surface area contributed by atoms with Crippen LogP contribution in [0.4, 0.5) is 0 Å². The summed E-state index contributed by atoms with van der Waals surface area (Å²) in [6.07, 6.45) is 6.55. The van der Waals surface area contributed by atoms with Gasteiger partial charge in [0.1, 0.15) is 0 Å². The van der Waals surface area contributed by atoms with Crippen LogP contribution in [0.5, 0.6) is 0 Å². The first kappa shape index (κ1) is 11.6. The van der Waals surface area contributed by atoms with Gasteiger partial charge in [0.2, 0.25) is 0 Å². The second-order valence-corrected chi connectivity index (χ2v) is 4.69. The quantitative estimate of drug-likeness (QED) is 0.831. The standard InChI is InChI=1S/C12H22N4/c1-15-9-2-3-11(6-10-15)16-12(4-7-13)5-8-14-16/h5,8,11H,2-4,6-7,9-10,13H2,1H3. The van der Waals surface area contributed by atoms with Gasteiger partial charge in [0.05, 0.1) is 6.04 Å². The van der Waals surface area contributed by atoms with Crippen molar-refractivity contribution in [2.24, 2.45) is 5.73 Å². The van der Waals surface area contributed by atoms with Crippen molar-refractivity contribution in [3.63, 3.8) is 0 Å². The van der Waals surface area contributed by atoms with Crippen LogP contribution in [0.1, 0.15) is 31.0 Å². The Balaban J connectivity index is 2.07. The fourth-order valence-electron chi connectivity index (χ4n) is 2.48. The number of nitrogens with zero attached hydrogens (tertiary/aromatic N) is 3. The van der Waals surface area contributed by atoms with Crippen LogP contribution in [0.2, 0.25) is 0 Å². The smallest absolute Gasteiger partial charge is 0.0535 e. The minimum Gasteiger partial charge on any atom is -0.330 e. The maximum absolute atomic E-state index is 5.62. The molecule has 2 N–H and O–H groups in total. The Labute approximate surface area is 97.4 Å². The second kappa shape index (κ2) is 5.46. The van der Waals surface area contributed by atoms with Crippen molar-refractivity contribution in [2.75, 3.05) is 26.7 Å². The fraction of sp³-hybridized carbons (Fsp3) is 0.750. The predicted octanol–water partition coefficient (Wildman–Crippen LogP) is 1.04. The zero-order valence-corrected chi connectivity index (χ0v) is 10.1. The van der Waals surface area contributed by atoms with Crippen LogP contribution in [0, 0.1) is 0 Å². The zero-order valence-electron chi connectivity index (χ0n) is 10.1. The van der Waals surface area contributed by atoms with E-state index in [0.29, 0.717) is 12.6 Å². The highest BCUT2D eigenvalue weighted by atomic mass is 15.3. The van der Waals surface area contributed by atoms with Gasteiger partial charge < -0.3 is 10.6 Å². The molecule has 16 heavy (non-hydrogen) atoms. The summed E-state index contributed by atoms with van der Waals surface area (Å²) in [4.78, 5) is 2.41. The maximum atomic E-state index is 5.62. The molecular formula is C12H22N4. The maximum Gasteiger partial charge on any atom is 0.0535 e. The molecule has 1 fully saturated rings. The molecule has 90 valence electrons. The summed E-state index contributed by atoms with van der Waals surface area (Å²) in [6.45, 7) is 3.09. The van der Waals surface area contributed by atoms with Crippen molar-refractivity contribution >= 4 is 0 Å². The number of hydrogen-bond acceptors (Lipinski definition) is 3. The van der Waals surface area contributed by atoms with Gasteiger partial charge >= 0.3 is 0 Å². The molecule has 2 heterocycles. The molecule has 1 aliphatic rings. The van der Waals surface area contributed by atoms with Crippen LogP contribution in [0.3, 0.4) is 0 Å². The number of aromatic nitrogens is 2. The van der Waals surface area contributed by atoms with Gasteiger partial charge in [0, 0.05) is 18.3 Å². The van der Waals surface area contributed by atoms with E-state index < -0.39 is 0 Å². The van der Waals surface area contributed by atoms with Crippen LogP contribution in [-0.4, -0.2) is 41.4 Å².